The van der Waals surface area contributed by atoms with E-state index in [0.717, 1.165) is 22.3 Å². The van der Waals surface area contributed by atoms with Gasteiger partial charge in [-0.2, -0.15) is 9.97 Å². The van der Waals surface area contributed by atoms with Gasteiger partial charge in [-0.25, -0.2) is 0 Å². The summed E-state index contributed by atoms with van der Waals surface area (Å²) in [5.41, 5.74) is 1.70. The predicted octanol–water partition coefficient (Wildman–Crippen LogP) is 3.35. The van der Waals surface area contributed by atoms with Crippen LogP contribution in [0, 0.1) is 0 Å². The molecule has 7 nitrogen and oxygen atoms in total. The molecule has 7 heteroatoms. The van der Waals surface area contributed by atoms with E-state index in [-0.39, 0.29) is 25.0 Å². The highest BCUT2D eigenvalue weighted by Crippen LogP contribution is 2.31. The first-order valence-electron chi connectivity index (χ1n) is 8.46. The molecule has 27 heavy (non-hydrogen) atoms. The van der Waals surface area contributed by atoms with Crippen LogP contribution in [0.25, 0.3) is 10.9 Å². The van der Waals surface area contributed by atoms with Crippen LogP contribution in [-0.4, -0.2) is 43.8 Å². The summed E-state index contributed by atoms with van der Waals surface area (Å²) in [7, 11) is 4.90. The number of fused-ring (bicyclic) bond motifs is 1. The van der Waals surface area contributed by atoms with Crippen molar-refractivity contribution >= 4 is 28.4 Å². The van der Waals surface area contributed by atoms with Gasteiger partial charge >= 0.3 is 12.0 Å². The second-order valence-corrected chi connectivity index (χ2v) is 5.78. The Kier molecular flexibility index (Phi) is 5.71. The third-order valence-electron chi connectivity index (χ3n) is 4.11. The summed E-state index contributed by atoms with van der Waals surface area (Å²) in [5, 5.41) is 0.899. The van der Waals surface area contributed by atoms with Crippen molar-refractivity contribution in [3.05, 3.63) is 48.5 Å². The first-order chi connectivity index (χ1) is 13.1. The molecule has 140 valence electrons. The Morgan fingerprint density at radius 3 is 2.48 bits per heavy atom. The van der Waals surface area contributed by atoms with Crippen LogP contribution in [-0.2, 0) is 9.53 Å². The molecular formula is C20H21N3O4. The number of ether oxygens (including phenoxy) is 3. The highest BCUT2D eigenvalue weighted by molar-refractivity contribution is 5.91. The lowest BCUT2D eigenvalue weighted by Crippen LogP contribution is -2.14. The topological polar surface area (TPSA) is 73.8 Å². The van der Waals surface area contributed by atoms with E-state index < -0.39 is 0 Å². The van der Waals surface area contributed by atoms with Crippen LogP contribution in [0.3, 0.4) is 0 Å². The Hall–Kier alpha value is -3.35. The number of para-hydroxylation sites is 1. The molecular weight excluding hydrogens is 346 g/mol. The van der Waals surface area contributed by atoms with Gasteiger partial charge in [-0.15, -0.1) is 0 Å². The quantitative estimate of drug-likeness (QED) is 0.593. The standard InChI is InChI=1S/C20H21N3O4/c1-23(14-8-10-15(25-2)11-9-14)19-16-6-4-5-7-17(16)21-20(22-19)27-13-12-18(24)26-3/h4-11H,12-13H2,1-3H3. The Labute approximate surface area is 157 Å². The smallest absolute Gasteiger partial charge is 0.318 e. The molecule has 0 bridgehead atoms. The molecule has 0 saturated heterocycles. The van der Waals surface area contributed by atoms with Crippen molar-refractivity contribution < 1.29 is 19.0 Å². The summed E-state index contributed by atoms with van der Waals surface area (Å²) in [6, 6.07) is 15.6. The highest BCUT2D eigenvalue weighted by atomic mass is 16.5. The van der Waals surface area contributed by atoms with Gasteiger partial charge in [-0.3, -0.25) is 4.79 Å². The molecule has 1 heterocycles. The maximum Gasteiger partial charge on any atom is 0.318 e. The van der Waals surface area contributed by atoms with E-state index in [0.29, 0.717) is 5.82 Å². The fraction of sp³-hybridized carbons (Fsp3) is 0.250. The van der Waals surface area contributed by atoms with Crippen LogP contribution < -0.4 is 14.4 Å². The van der Waals surface area contributed by atoms with Crippen molar-refractivity contribution in [3.8, 4) is 11.8 Å². The first-order valence-corrected chi connectivity index (χ1v) is 8.46. The van der Waals surface area contributed by atoms with E-state index in [1.165, 1.54) is 7.11 Å². The summed E-state index contributed by atoms with van der Waals surface area (Å²) in [5.74, 6) is 1.15. The van der Waals surface area contributed by atoms with Crippen molar-refractivity contribution in [2.24, 2.45) is 0 Å². The van der Waals surface area contributed by atoms with Crippen molar-refractivity contribution in [2.45, 2.75) is 6.42 Å². The van der Waals surface area contributed by atoms with Crippen LogP contribution >= 0.6 is 0 Å². The Morgan fingerprint density at radius 2 is 1.78 bits per heavy atom. The second-order valence-electron chi connectivity index (χ2n) is 5.78. The lowest BCUT2D eigenvalue weighted by atomic mass is 10.2. The Bertz CT molecular complexity index is 928. The number of benzene rings is 2. The van der Waals surface area contributed by atoms with Crippen LogP contribution in [0.4, 0.5) is 11.5 Å². The maximum absolute atomic E-state index is 11.3. The molecule has 0 aliphatic heterocycles. The van der Waals surface area contributed by atoms with Gasteiger partial charge in [0.15, 0.2) is 0 Å². The lowest BCUT2D eigenvalue weighted by Gasteiger charge is -2.21. The fourth-order valence-electron chi connectivity index (χ4n) is 2.62. The number of nitrogens with zero attached hydrogens (tertiary/aromatic N) is 3. The zero-order valence-electron chi connectivity index (χ0n) is 15.5. The van der Waals surface area contributed by atoms with Crippen LogP contribution in [0.1, 0.15) is 6.42 Å². The maximum atomic E-state index is 11.3. The molecule has 0 fully saturated rings. The van der Waals surface area contributed by atoms with Gasteiger partial charge in [0.2, 0.25) is 0 Å². The highest BCUT2D eigenvalue weighted by Gasteiger charge is 2.14. The first kappa shape index (κ1) is 18.4. The van der Waals surface area contributed by atoms with Gasteiger partial charge in [0, 0.05) is 18.1 Å². The summed E-state index contributed by atoms with van der Waals surface area (Å²) < 4.78 is 15.4. The van der Waals surface area contributed by atoms with Crippen LogP contribution in [0.2, 0.25) is 0 Å². The molecule has 3 aromatic rings. The normalized spacial score (nSPS) is 10.5. The zero-order chi connectivity index (χ0) is 19.2. The van der Waals surface area contributed by atoms with Crippen molar-refractivity contribution in [1.29, 1.82) is 0 Å². The monoisotopic (exact) mass is 367 g/mol. The number of rotatable bonds is 7. The minimum atomic E-state index is -0.341. The predicted molar refractivity (Wildman–Crippen MR) is 103 cm³/mol. The summed E-state index contributed by atoms with van der Waals surface area (Å²) >= 11 is 0. The number of methoxy groups -OCH3 is 2. The van der Waals surface area contributed by atoms with Crippen molar-refractivity contribution in [2.75, 3.05) is 32.8 Å². The fourth-order valence-corrected chi connectivity index (χ4v) is 2.62. The average molecular weight is 367 g/mol. The van der Waals surface area contributed by atoms with Crippen molar-refractivity contribution in [3.63, 3.8) is 0 Å². The Balaban J connectivity index is 1.93. The van der Waals surface area contributed by atoms with Crippen molar-refractivity contribution in [1.82, 2.24) is 9.97 Å². The summed E-state index contributed by atoms with van der Waals surface area (Å²) in [6.45, 7) is 0.150. The molecule has 0 radical (unpaired) electrons. The lowest BCUT2D eigenvalue weighted by molar-refractivity contribution is -0.141. The Morgan fingerprint density at radius 1 is 1.04 bits per heavy atom. The van der Waals surface area contributed by atoms with E-state index in [9.17, 15) is 4.79 Å². The average Bonchev–Trinajstić information content (AvgIpc) is 2.72. The molecule has 1 aromatic heterocycles. The number of hydrogen-bond donors (Lipinski definition) is 0. The van der Waals surface area contributed by atoms with E-state index in [4.69, 9.17) is 9.47 Å². The van der Waals surface area contributed by atoms with E-state index in [1.807, 2.05) is 60.5 Å². The third kappa shape index (κ3) is 4.25. The van der Waals surface area contributed by atoms with Gasteiger partial charge in [-0.1, -0.05) is 12.1 Å². The number of aromatic nitrogens is 2. The minimum Gasteiger partial charge on any atom is -0.497 e. The van der Waals surface area contributed by atoms with Gasteiger partial charge in [-0.05, 0) is 36.4 Å². The van der Waals surface area contributed by atoms with Gasteiger partial charge in [0.05, 0.1) is 26.2 Å². The number of carbonyl (C=O) groups excluding carboxylic acids is 1. The third-order valence-corrected chi connectivity index (χ3v) is 4.11. The van der Waals surface area contributed by atoms with E-state index in [2.05, 4.69) is 14.7 Å². The van der Waals surface area contributed by atoms with Crippen LogP contribution in [0.5, 0.6) is 11.8 Å². The summed E-state index contributed by atoms with van der Waals surface area (Å²) in [4.78, 5) is 22.2. The zero-order valence-corrected chi connectivity index (χ0v) is 15.5. The molecule has 0 amide bonds. The van der Waals surface area contributed by atoms with Gasteiger partial charge in [0.1, 0.15) is 18.2 Å². The number of anilines is 2. The summed E-state index contributed by atoms with van der Waals surface area (Å²) in [6.07, 6.45) is 0.135. The molecule has 3 rings (SSSR count). The molecule has 0 atom stereocenters. The number of carbonyl (C=O) groups is 1. The van der Waals surface area contributed by atoms with Gasteiger partial charge in [0.25, 0.3) is 0 Å². The molecule has 0 N–H and O–H groups in total. The molecule has 0 aliphatic rings. The van der Waals surface area contributed by atoms with E-state index >= 15 is 0 Å². The minimum absolute atomic E-state index is 0.135. The van der Waals surface area contributed by atoms with Crippen LogP contribution in [0.15, 0.2) is 48.5 Å². The molecule has 2 aromatic carbocycles. The molecule has 0 spiro atoms. The van der Waals surface area contributed by atoms with Gasteiger partial charge < -0.3 is 19.1 Å². The van der Waals surface area contributed by atoms with E-state index in [1.54, 1.807) is 7.11 Å². The SMILES string of the molecule is COC(=O)CCOc1nc(N(C)c2ccc(OC)cc2)c2ccccc2n1. The number of hydrogen-bond acceptors (Lipinski definition) is 7. The second kappa shape index (κ2) is 8.35. The molecule has 0 aliphatic carbocycles. The molecule has 0 unspecified atom stereocenters. The largest absolute Gasteiger partial charge is 0.497 e. The number of esters is 1. The molecule has 0 saturated carbocycles.